The van der Waals surface area contributed by atoms with Gasteiger partial charge in [-0.2, -0.15) is 5.10 Å². The predicted octanol–water partition coefficient (Wildman–Crippen LogP) is 1.45. The topological polar surface area (TPSA) is 59.6 Å². The summed E-state index contributed by atoms with van der Waals surface area (Å²) in [6.07, 6.45) is 1.73. The number of H-pyrrole nitrogens is 1. The molecule has 1 aliphatic rings. The number of para-hydroxylation sites is 1. The fourth-order valence-electron chi connectivity index (χ4n) is 2.76. The van der Waals surface area contributed by atoms with Gasteiger partial charge in [0, 0.05) is 39.4 Å². The fraction of sp³-hybridized carbons (Fsp3) is 0.375. The van der Waals surface area contributed by atoms with Crippen LogP contribution < -0.4 is 10.2 Å². The SMILES string of the molecule is CN=C(NCc1ccn[nH]1)N1CCN(c2ccccc2F)CC1. The summed E-state index contributed by atoms with van der Waals surface area (Å²) in [6, 6.07) is 8.85. The number of aromatic nitrogens is 2. The molecule has 0 bridgehead atoms. The lowest BCUT2D eigenvalue weighted by Gasteiger charge is -2.37. The molecule has 7 heteroatoms. The molecule has 1 aromatic heterocycles. The van der Waals surface area contributed by atoms with Crippen molar-refractivity contribution in [1.29, 1.82) is 0 Å². The molecule has 0 atom stereocenters. The summed E-state index contributed by atoms with van der Waals surface area (Å²) in [5, 5.41) is 10.2. The molecule has 122 valence electrons. The first kappa shape index (κ1) is 15.3. The molecule has 1 saturated heterocycles. The van der Waals surface area contributed by atoms with Crippen LogP contribution in [0.25, 0.3) is 0 Å². The minimum absolute atomic E-state index is 0.164. The Morgan fingerprint density at radius 2 is 2.04 bits per heavy atom. The standard InChI is InChI=1S/C16H21FN6/c1-18-16(19-12-13-6-7-20-21-13)23-10-8-22(9-11-23)15-5-3-2-4-14(15)17/h2-7H,8-12H2,1H3,(H,18,19)(H,20,21). The Morgan fingerprint density at radius 1 is 1.26 bits per heavy atom. The van der Waals surface area contributed by atoms with Crippen LogP contribution in [0.5, 0.6) is 0 Å². The molecule has 3 rings (SSSR count). The Labute approximate surface area is 135 Å². The zero-order valence-corrected chi connectivity index (χ0v) is 13.2. The Hall–Kier alpha value is -2.57. The average Bonchev–Trinajstić information content (AvgIpc) is 3.10. The van der Waals surface area contributed by atoms with Crippen molar-refractivity contribution in [2.24, 2.45) is 4.99 Å². The number of anilines is 1. The summed E-state index contributed by atoms with van der Waals surface area (Å²) in [4.78, 5) is 8.60. The van der Waals surface area contributed by atoms with E-state index in [1.54, 1.807) is 19.3 Å². The summed E-state index contributed by atoms with van der Waals surface area (Å²) in [5.74, 6) is 0.690. The Balaban J connectivity index is 1.56. The molecule has 0 spiro atoms. The molecule has 6 nitrogen and oxygen atoms in total. The van der Waals surface area contributed by atoms with Crippen molar-refractivity contribution in [3.63, 3.8) is 0 Å². The summed E-state index contributed by atoms with van der Waals surface area (Å²) in [6.45, 7) is 3.80. The van der Waals surface area contributed by atoms with Crippen LogP contribution >= 0.6 is 0 Å². The Bertz CT molecular complexity index is 646. The van der Waals surface area contributed by atoms with Crippen LogP contribution in [0.3, 0.4) is 0 Å². The first-order valence-corrected chi connectivity index (χ1v) is 7.71. The highest BCUT2D eigenvalue weighted by Crippen LogP contribution is 2.20. The van der Waals surface area contributed by atoms with Gasteiger partial charge < -0.3 is 15.1 Å². The van der Waals surface area contributed by atoms with Crippen LogP contribution in [0.15, 0.2) is 41.5 Å². The largest absolute Gasteiger partial charge is 0.366 e. The number of halogens is 1. The third-order valence-electron chi connectivity index (χ3n) is 3.98. The van der Waals surface area contributed by atoms with Gasteiger partial charge in [0.1, 0.15) is 5.82 Å². The minimum Gasteiger partial charge on any atom is -0.366 e. The normalized spacial score (nSPS) is 15.8. The highest BCUT2D eigenvalue weighted by molar-refractivity contribution is 5.80. The molecular formula is C16H21FN6. The van der Waals surface area contributed by atoms with Gasteiger partial charge in [-0.1, -0.05) is 12.1 Å². The molecule has 1 fully saturated rings. The summed E-state index contributed by atoms with van der Waals surface area (Å²) in [7, 11) is 1.78. The number of benzene rings is 1. The monoisotopic (exact) mass is 316 g/mol. The highest BCUT2D eigenvalue weighted by atomic mass is 19.1. The second-order valence-electron chi connectivity index (χ2n) is 5.41. The molecule has 2 aromatic rings. The van der Waals surface area contributed by atoms with Crippen LogP contribution in [0.2, 0.25) is 0 Å². The molecule has 0 aliphatic carbocycles. The lowest BCUT2D eigenvalue weighted by atomic mass is 10.2. The predicted molar refractivity (Wildman–Crippen MR) is 89.0 cm³/mol. The van der Waals surface area contributed by atoms with E-state index < -0.39 is 0 Å². The van der Waals surface area contributed by atoms with E-state index in [2.05, 4.69) is 30.3 Å². The Kier molecular flexibility index (Phi) is 4.75. The lowest BCUT2D eigenvalue weighted by Crippen LogP contribution is -2.52. The fourth-order valence-corrected chi connectivity index (χ4v) is 2.76. The molecule has 1 aliphatic heterocycles. The highest BCUT2D eigenvalue weighted by Gasteiger charge is 2.21. The summed E-state index contributed by atoms with van der Waals surface area (Å²) < 4.78 is 13.9. The van der Waals surface area contributed by atoms with E-state index in [1.165, 1.54) is 6.07 Å². The maximum Gasteiger partial charge on any atom is 0.194 e. The van der Waals surface area contributed by atoms with E-state index in [9.17, 15) is 4.39 Å². The number of nitrogens with one attached hydrogen (secondary N) is 2. The molecular weight excluding hydrogens is 295 g/mol. The molecule has 0 radical (unpaired) electrons. The average molecular weight is 316 g/mol. The molecule has 0 amide bonds. The van der Waals surface area contributed by atoms with Crippen LogP contribution in [0.1, 0.15) is 5.69 Å². The number of hydrogen-bond donors (Lipinski definition) is 2. The van der Waals surface area contributed by atoms with Gasteiger partial charge in [0.05, 0.1) is 17.9 Å². The van der Waals surface area contributed by atoms with Crippen LogP contribution in [-0.4, -0.2) is 54.3 Å². The maximum absolute atomic E-state index is 13.9. The summed E-state index contributed by atoms with van der Waals surface area (Å²) >= 11 is 0. The molecule has 2 N–H and O–H groups in total. The second-order valence-corrected chi connectivity index (χ2v) is 5.41. The van der Waals surface area contributed by atoms with Crippen molar-refractivity contribution < 1.29 is 4.39 Å². The third-order valence-corrected chi connectivity index (χ3v) is 3.98. The van der Waals surface area contributed by atoms with Crippen molar-refractivity contribution in [2.75, 3.05) is 38.1 Å². The van der Waals surface area contributed by atoms with Gasteiger partial charge in [0.15, 0.2) is 5.96 Å². The van der Waals surface area contributed by atoms with E-state index in [1.807, 2.05) is 18.2 Å². The van der Waals surface area contributed by atoms with E-state index in [4.69, 9.17) is 0 Å². The van der Waals surface area contributed by atoms with E-state index >= 15 is 0 Å². The zero-order chi connectivity index (χ0) is 16.1. The van der Waals surface area contributed by atoms with Crippen LogP contribution in [0, 0.1) is 5.82 Å². The number of rotatable bonds is 3. The lowest BCUT2D eigenvalue weighted by molar-refractivity contribution is 0.370. The van der Waals surface area contributed by atoms with Crippen molar-refractivity contribution in [2.45, 2.75) is 6.54 Å². The quantitative estimate of drug-likeness (QED) is 0.665. The molecule has 0 unspecified atom stereocenters. The van der Waals surface area contributed by atoms with Gasteiger partial charge >= 0.3 is 0 Å². The van der Waals surface area contributed by atoms with Crippen molar-refractivity contribution >= 4 is 11.6 Å². The summed E-state index contributed by atoms with van der Waals surface area (Å²) in [5.41, 5.74) is 1.68. The van der Waals surface area contributed by atoms with Crippen LogP contribution in [-0.2, 0) is 6.54 Å². The number of guanidine groups is 1. The van der Waals surface area contributed by atoms with Gasteiger partial charge in [-0.25, -0.2) is 4.39 Å². The van der Waals surface area contributed by atoms with Crippen molar-refractivity contribution in [3.05, 3.63) is 48.0 Å². The number of aliphatic imine (C=N–C) groups is 1. The maximum atomic E-state index is 13.9. The van der Waals surface area contributed by atoms with Gasteiger partial charge in [-0.15, -0.1) is 0 Å². The zero-order valence-electron chi connectivity index (χ0n) is 13.2. The first-order valence-electron chi connectivity index (χ1n) is 7.71. The van der Waals surface area contributed by atoms with Crippen molar-refractivity contribution in [3.8, 4) is 0 Å². The van der Waals surface area contributed by atoms with Crippen molar-refractivity contribution in [1.82, 2.24) is 20.4 Å². The van der Waals surface area contributed by atoms with Gasteiger partial charge in [0.2, 0.25) is 0 Å². The number of nitrogens with zero attached hydrogens (tertiary/aromatic N) is 4. The molecule has 1 aromatic carbocycles. The van der Waals surface area contributed by atoms with Gasteiger partial charge in [0.25, 0.3) is 0 Å². The van der Waals surface area contributed by atoms with Crippen LogP contribution in [0.4, 0.5) is 10.1 Å². The molecule has 0 saturated carbocycles. The second kappa shape index (κ2) is 7.13. The van der Waals surface area contributed by atoms with E-state index in [-0.39, 0.29) is 5.82 Å². The number of aromatic amines is 1. The van der Waals surface area contributed by atoms with Gasteiger partial charge in [-0.05, 0) is 18.2 Å². The number of hydrogen-bond acceptors (Lipinski definition) is 3. The molecule has 23 heavy (non-hydrogen) atoms. The van der Waals surface area contributed by atoms with E-state index in [0.29, 0.717) is 12.2 Å². The van der Waals surface area contributed by atoms with E-state index in [0.717, 1.165) is 37.8 Å². The number of piperazine rings is 1. The Morgan fingerprint density at radius 3 is 2.70 bits per heavy atom. The smallest absolute Gasteiger partial charge is 0.194 e. The minimum atomic E-state index is -0.164. The first-order chi connectivity index (χ1) is 11.3. The molecule has 2 heterocycles. The van der Waals surface area contributed by atoms with Gasteiger partial charge in [-0.3, -0.25) is 10.1 Å². The third kappa shape index (κ3) is 3.61.